The van der Waals surface area contributed by atoms with E-state index in [0.29, 0.717) is 12.2 Å². The average molecular weight is 370 g/mol. The highest BCUT2D eigenvalue weighted by Gasteiger charge is 2.23. The molecule has 1 aliphatic rings. The zero-order valence-electron chi connectivity index (χ0n) is 14.7. The molecule has 1 aliphatic carbocycles. The summed E-state index contributed by atoms with van der Waals surface area (Å²) in [5.41, 5.74) is 0.171. The monoisotopic (exact) mass is 370 g/mol. The first-order valence-electron chi connectivity index (χ1n) is 8.49. The topological polar surface area (TPSA) is 105 Å². The van der Waals surface area contributed by atoms with E-state index >= 15 is 0 Å². The zero-order chi connectivity index (χ0) is 18.4. The zero-order valence-corrected chi connectivity index (χ0v) is 15.5. The molecule has 140 valence electrons. The number of hydrogen-bond acceptors (Lipinski definition) is 6. The smallest absolute Gasteiger partial charge is 0.293 e. The van der Waals surface area contributed by atoms with E-state index in [1.54, 1.807) is 0 Å². The Morgan fingerprint density at radius 2 is 1.92 bits per heavy atom. The van der Waals surface area contributed by atoms with Crippen LogP contribution in [0.2, 0.25) is 0 Å². The van der Waals surface area contributed by atoms with Crippen molar-refractivity contribution < 1.29 is 13.3 Å². The molecule has 8 nitrogen and oxygen atoms in total. The molecule has 2 N–H and O–H groups in total. The summed E-state index contributed by atoms with van der Waals surface area (Å²) in [6, 6.07) is 4.24. The van der Waals surface area contributed by atoms with Gasteiger partial charge in [0, 0.05) is 25.2 Å². The molecule has 2 rings (SSSR count). The van der Waals surface area contributed by atoms with Gasteiger partial charge in [0.25, 0.3) is 5.69 Å². The van der Waals surface area contributed by atoms with Crippen LogP contribution in [-0.2, 0) is 10.0 Å². The van der Waals surface area contributed by atoms with Crippen LogP contribution in [0.3, 0.4) is 0 Å². The standard InChI is InChI=1S/C16H26N4O4S/c1-19(2)11-10-17-25(23,24)14-8-9-15(16(12-14)20(21)22)18-13-6-4-3-5-7-13/h8-9,12-13,17-18H,3-7,10-11H2,1-2H3. The van der Waals surface area contributed by atoms with E-state index in [1.165, 1.54) is 18.6 Å². The maximum atomic E-state index is 12.3. The predicted molar refractivity (Wildman–Crippen MR) is 97.3 cm³/mol. The Kier molecular flexibility index (Phi) is 6.74. The van der Waals surface area contributed by atoms with Crippen molar-refractivity contribution in [2.24, 2.45) is 0 Å². The van der Waals surface area contributed by atoms with Crippen LogP contribution in [0.25, 0.3) is 0 Å². The van der Waals surface area contributed by atoms with Gasteiger partial charge in [0.1, 0.15) is 5.69 Å². The van der Waals surface area contributed by atoms with Crippen LogP contribution in [0.5, 0.6) is 0 Å². The lowest BCUT2D eigenvalue weighted by atomic mass is 9.95. The summed E-state index contributed by atoms with van der Waals surface area (Å²) in [7, 11) is -0.0944. The molecule has 0 unspecified atom stereocenters. The lowest BCUT2D eigenvalue weighted by Gasteiger charge is -2.23. The van der Waals surface area contributed by atoms with Crippen molar-refractivity contribution in [1.29, 1.82) is 0 Å². The summed E-state index contributed by atoms with van der Waals surface area (Å²) in [6.45, 7) is 0.786. The van der Waals surface area contributed by atoms with Gasteiger partial charge in [-0.15, -0.1) is 0 Å². The van der Waals surface area contributed by atoms with Gasteiger partial charge in [-0.05, 0) is 39.1 Å². The molecule has 1 aromatic rings. The molecule has 9 heteroatoms. The fourth-order valence-electron chi connectivity index (χ4n) is 2.91. The largest absolute Gasteiger partial charge is 0.377 e. The molecule has 0 saturated heterocycles. The number of likely N-dealkylation sites (N-methyl/N-ethyl adjacent to an activating group) is 1. The number of sulfonamides is 1. The Morgan fingerprint density at radius 1 is 1.24 bits per heavy atom. The van der Waals surface area contributed by atoms with Crippen LogP contribution < -0.4 is 10.0 Å². The van der Waals surface area contributed by atoms with E-state index in [2.05, 4.69) is 10.0 Å². The van der Waals surface area contributed by atoms with Crippen molar-refractivity contribution in [2.45, 2.75) is 43.0 Å². The molecule has 0 bridgehead atoms. The van der Waals surface area contributed by atoms with E-state index in [4.69, 9.17) is 0 Å². The van der Waals surface area contributed by atoms with Crippen molar-refractivity contribution in [2.75, 3.05) is 32.5 Å². The van der Waals surface area contributed by atoms with E-state index in [-0.39, 0.29) is 23.2 Å². The molecule has 1 fully saturated rings. The lowest BCUT2D eigenvalue weighted by Crippen LogP contribution is -2.31. The second-order valence-corrected chi connectivity index (χ2v) is 8.38. The highest BCUT2D eigenvalue weighted by Crippen LogP contribution is 2.30. The number of nitro benzene ring substituents is 1. The van der Waals surface area contributed by atoms with Crippen molar-refractivity contribution in [3.8, 4) is 0 Å². The van der Waals surface area contributed by atoms with Crippen molar-refractivity contribution in [3.05, 3.63) is 28.3 Å². The molecule has 0 radical (unpaired) electrons. The Morgan fingerprint density at radius 3 is 2.52 bits per heavy atom. The second-order valence-electron chi connectivity index (χ2n) is 6.62. The number of hydrogen-bond donors (Lipinski definition) is 2. The fourth-order valence-corrected chi connectivity index (χ4v) is 3.95. The first kappa shape index (κ1) is 19.6. The van der Waals surface area contributed by atoms with Crippen LogP contribution in [0.4, 0.5) is 11.4 Å². The summed E-state index contributed by atoms with van der Waals surface area (Å²) < 4.78 is 27.1. The van der Waals surface area contributed by atoms with Gasteiger partial charge in [-0.3, -0.25) is 10.1 Å². The summed E-state index contributed by atoms with van der Waals surface area (Å²) in [4.78, 5) is 12.6. The normalized spacial score (nSPS) is 16.1. The number of benzene rings is 1. The Labute approximate surface area is 148 Å². The summed E-state index contributed by atoms with van der Waals surface area (Å²) in [5, 5.41) is 14.6. The molecule has 0 spiro atoms. The Bertz CT molecular complexity index is 700. The Hall–Kier alpha value is -1.71. The SMILES string of the molecule is CN(C)CCNS(=O)(=O)c1ccc(NC2CCCCC2)c([N+](=O)[O-])c1. The number of nitrogens with zero attached hydrogens (tertiary/aromatic N) is 2. The first-order valence-corrected chi connectivity index (χ1v) is 9.97. The summed E-state index contributed by atoms with van der Waals surface area (Å²) in [6.07, 6.45) is 5.35. The summed E-state index contributed by atoms with van der Waals surface area (Å²) >= 11 is 0. The van der Waals surface area contributed by atoms with E-state index in [1.807, 2.05) is 19.0 Å². The molecule has 1 saturated carbocycles. The quantitative estimate of drug-likeness (QED) is 0.537. The van der Waals surface area contributed by atoms with Gasteiger partial charge in [-0.2, -0.15) is 0 Å². The van der Waals surface area contributed by atoms with Crippen molar-refractivity contribution in [3.63, 3.8) is 0 Å². The number of anilines is 1. The van der Waals surface area contributed by atoms with Crippen LogP contribution in [0.1, 0.15) is 32.1 Å². The molecule has 0 aromatic heterocycles. The van der Waals surface area contributed by atoms with E-state index in [0.717, 1.165) is 31.7 Å². The first-order chi connectivity index (χ1) is 11.8. The maximum absolute atomic E-state index is 12.3. The highest BCUT2D eigenvalue weighted by atomic mass is 32.2. The van der Waals surface area contributed by atoms with Gasteiger partial charge in [-0.1, -0.05) is 19.3 Å². The molecule has 0 aliphatic heterocycles. The third-order valence-corrected chi connectivity index (χ3v) is 5.75. The lowest BCUT2D eigenvalue weighted by molar-refractivity contribution is -0.384. The number of rotatable bonds is 8. The average Bonchev–Trinajstić information content (AvgIpc) is 2.55. The summed E-state index contributed by atoms with van der Waals surface area (Å²) in [5.74, 6) is 0. The Balaban J connectivity index is 2.18. The minimum atomic E-state index is -3.77. The molecular weight excluding hydrogens is 344 g/mol. The minimum absolute atomic E-state index is 0.0906. The van der Waals surface area contributed by atoms with Crippen molar-refractivity contribution in [1.82, 2.24) is 9.62 Å². The molecule has 25 heavy (non-hydrogen) atoms. The van der Waals surface area contributed by atoms with Crippen LogP contribution in [0.15, 0.2) is 23.1 Å². The molecular formula is C16H26N4O4S. The van der Waals surface area contributed by atoms with Gasteiger partial charge in [-0.25, -0.2) is 13.1 Å². The fraction of sp³-hybridized carbons (Fsp3) is 0.625. The van der Waals surface area contributed by atoms with E-state index < -0.39 is 14.9 Å². The predicted octanol–water partition coefficient (Wildman–Crippen LogP) is 2.18. The van der Waals surface area contributed by atoms with Crippen molar-refractivity contribution >= 4 is 21.4 Å². The van der Waals surface area contributed by atoms with Gasteiger partial charge in [0.15, 0.2) is 0 Å². The number of nitro groups is 1. The maximum Gasteiger partial charge on any atom is 0.293 e. The highest BCUT2D eigenvalue weighted by molar-refractivity contribution is 7.89. The van der Waals surface area contributed by atoms with Crippen LogP contribution in [-0.4, -0.2) is 51.5 Å². The van der Waals surface area contributed by atoms with Crippen LogP contribution >= 0.6 is 0 Å². The minimum Gasteiger partial charge on any atom is -0.377 e. The third-order valence-electron chi connectivity index (χ3n) is 4.29. The molecule has 0 heterocycles. The van der Waals surface area contributed by atoms with Gasteiger partial charge >= 0.3 is 0 Å². The molecule has 0 atom stereocenters. The van der Waals surface area contributed by atoms with Gasteiger partial charge < -0.3 is 10.2 Å². The van der Waals surface area contributed by atoms with Crippen LogP contribution in [0, 0.1) is 10.1 Å². The molecule has 0 amide bonds. The molecule has 1 aromatic carbocycles. The second kappa shape index (κ2) is 8.59. The van der Waals surface area contributed by atoms with Gasteiger partial charge in [0.2, 0.25) is 10.0 Å². The van der Waals surface area contributed by atoms with E-state index in [9.17, 15) is 18.5 Å². The number of nitrogens with one attached hydrogen (secondary N) is 2. The third kappa shape index (κ3) is 5.65. The van der Waals surface area contributed by atoms with Gasteiger partial charge in [0.05, 0.1) is 9.82 Å².